The molecule has 1 nitrogen and oxygen atoms in total. The van der Waals surface area contributed by atoms with E-state index in [2.05, 4.69) is 25.7 Å². The third-order valence-corrected chi connectivity index (χ3v) is 2.57. The molecule has 0 aromatic heterocycles. The molecule has 1 aliphatic heterocycles. The van der Waals surface area contributed by atoms with Gasteiger partial charge in [0.1, 0.15) is 0 Å². The quantitative estimate of drug-likeness (QED) is 0.605. The van der Waals surface area contributed by atoms with Crippen molar-refractivity contribution < 1.29 is 0 Å². The lowest BCUT2D eigenvalue weighted by Gasteiger charge is -2.24. The summed E-state index contributed by atoms with van der Waals surface area (Å²) < 4.78 is 0. The van der Waals surface area contributed by atoms with Crippen molar-refractivity contribution in [2.45, 2.75) is 46.1 Å². The van der Waals surface area contributed by atoms with E-state index >= 15 is 0 Å². The van der Waals surface area contributed by atoms with E-state index < -0.39 is 0 Å². The van der Waals surface area contributed by atoms with Crippen molar-refractivity contribution in [1.82, 2.24) is 4.90 Å². The van der Waals surface area contributed by atoms with Gasteiger partial charge >= 0.3 is 0 Å². The fourth-order valence-corrected chi connectivity index (χ4v) is 2.07. The number of hydrogen-bond acceptors (Lipinski definition) is 1. The number of hydrogen-bond donors (Lipinski definition) is 0. The van der Waals surface area contributed by atoms with Gasteiger partial charge in [-0.1, -0.05) is 20.8 Å². The predicted octanol–water partition coefficient (Wildman–Crippen LogP) is 2.52. The largest absolute Gasteiger partial charge is 0.300 e. The maximum Gasteiger partial charge on any atom is 0.00932 e. The highest BCUT2D eigenvalue weighted by molar-refractivity contribution is 4.78. The van der Waals surface area contributed by atoms with Crippen molar-refractivity contribution >= 4 is 0 Å². The standard InChI is InChI=1S/C10H21N/c1-4-10-6-5-7-11(10)8-9(2)3/h9-10H,4-8H2,1-3H3. The van der Waals surface area contributed by atoms with Crippen molar-refractivity contribution in [3.63, 3.8) is 0 Å². The highest BCUT2D eigenvalue weighted by atomic mass is 15.2. The summed E-state index contributed by atoms with van der Waals surface area (Å²) in [4.78, 5) is 2.66. The molecule has 1 atom stereocenters. The second kappa shape index (κ2) is 4.10. The molecule has 11 heavy (non-hydrogen) atoms. The molecule has 1 rings (SSSR count). The first kappa shape index (κ1) is 9.05. The first-order valence-corrected chi connectivity index (χ1v) is 4.98. The molecule has 1 saturated heterocycles. The molecule has 1 aliphatic rings. The number of likely N-dealkylation sites (tertiary alicyclic amines) is 1. The lowest BCUT2D eigenvalue weighted by atomic mass is 10.1. The molecule has 0 radical (unpaired) electrons. The Morgan fingerprint density at radius 3 is 2.73 bits per heavy atom. The molecule has 0 aliphatic carbocycles. The third kappa shape index (κ3) is 2.48. The Kier molecular flexibility index (Phi) is 3.38. The van der Waals surface area contributed by atoms with Gasteiger partial charge in [-0.15, -0.1) is 0 Å². The summed E-state index contributed by atoms with van der Waals surface area (Å²) in [5, 5.41) is 0. The van der Waals surface area contributed by atoms with E-state index in [1.165, 1.54) is 32.4 Å². The van der Waals surface area contributed by atoms with Gasteiger partial charge in [0.25, 0.3) is 0 Å². The average molecular weight is 155 g/mol. The highest BCUT2D eigenvalue weighted by Gasteiger charge is 2.22. The molecule has 0 aromatic rings. The second-order valence-corrected chi connectivity index (χ2v) is 4.09. The molecule has 0 saturated carbocycles. The summed E-state index contributed by atoms with van der Waals surface area (Å²) in [7, 11) is 0. The van der Waals surface area contributed by atoms with Crippen molar-refractivity contribution in [3.8, 4) is 0 Å². The summed E-state index contributed by atoms with van der Waals surface area (Å²) in [5.74, 6) is 0.835. The Morgan fingerprint density at radius 2 is 2.18 bits per heavy atom. The predicted molar refractivity (Wildman–Crippen MR) is 49.7 cm³/mol. The summed E-state index contributed by atoms with van der Waals surface area (Å²) in [6.45, 7) is 9.58. The smallest absolute Gasteiger partial charge is 0.00932 e. The van der Waals surface area contributed by atoms with Crippen LogP contribution in [0.15, 0.2) is 0 Å². The van der Waals surface area contributed by atoms with Gasteiger partial charge in [0.05, 0.1) is 0 Å². The minimum atomic E-state index is 0.835. The molecule has 1 heterocycles. The zero-order chi connectivity index (χ0) is 8.27. The van der Waals surface area contributed by atoms with Crippen LogP contribution < -0.4 is 0 Å². The minimum absolute atomic E-state index is 0.835. The molecule has 0 amide bonds. The monoisotopic (exact) mass is 155 g/mol. The van der Waals surface area contributed by atoms with Crippen molar-refractivity contribution in [3.05, 3.63) is 0 Å². The van der Waals surface area contributed by atoms with E-state index in [4.69, 9.17) is 0 Å². The van der Waals surface area contributed by atoms with Crippen molar-refractivity contribution in [1.29, 1.82) is 0 Å². The molecular weight excluding hydrogens is 134 g/mol. The second-order valence-electron chi connectivity index (χ2n) is 4.09. The Labute approximate surface area is 70.8 Å². The van der Waals surface area contributed by atoms with E-state index in [-0.39, 0.29) is 0 Å². The van der Waals surface area contributed by atoms with Gasteiger partial charge in [-0.25, -0.2) is 0 Å². The van der Waals surface area contributed by atoms with Gasteiger partial charge in [0, 0.05) is 12.6 Å². The average Bonchev–Trinajstić information content (AvgIpc) is 2.34. The normalized spacial score (nSPS) is 26.7. The van der Waals surface area contributed by atoms with Crippen molar-refractivity contribution in [2.24, 2.45) is 5.92 Å². The molecule has 0 aromatic carbocycles. The van der Waals surface area contributed by atoms with E-state index in [1.807, 2.05) is 0 Å². The summed E-state index contributed by atoms with van der Waals surface area (Å²) in [5.41, 5.74) is 0. The number of nitrogens with zero attached hydrogens (tertiary/aromatic N) is 1. The Morgan fingerprint density at radius 1 is 1.45 bits per heavy atom. The van der Waals surface area contributed by atoms with Gasteiger partial charge in [-0.3, -0.25) is 0 Å². The Bertz CT molecular complexity index is 109. The van der Waals surface area contributed by atoms with Crippen LogP contribution in [0.3, 0.4) is 0 Å². The van der Waals surface area contributed by atoms with Gasteiger partial charge < -0.3 is 4.90 Å². The highest BCUT2D eigenvalue weighted by Crippen LogP contribution is 2.20. The van der Waals surface area contributed by atoms with Crippen LogP contribution in [0.5, 0.6) is 0 Å². The Hall–Kier alpha value is -0.0400. The van der Waals surface area contributed by atoms with E-state index in [0.29, 0.717) is 0 Å². The summed E-state index contributed by atoms with van der Waals surface area (Å²) in [6.07, 6.45) is 4.20. The first-order valence-electron chi connectivity index (χ1n) is 4.98. The molecular formula is C10H21N. The first-order chi connectivity index (χ1) is 5.24. The van der Waals surface area contributed by atoms with Gasteiger partial charge in [-0.2, -0.15) is 0 Å². The minimum Gasteiger partial charge on any atom is -0.300 e. The Balaban J connectivity index is 2.31. The maximum absolute atomic E-state index is 2.66. The molecule has 66 valence electrons. The van der Waals surface area contributed by atoms with Crippen LogP contribution in [0, 0.1) is 5.92 Å². The molecule has 1 fully saturated rings. The lowest BCUT2D eigenvalue weighted by Crippen LogP contribution is -2.32. The molecule has 1 heteroatoms. The van der Waals surface area contributed by atoms with Crippen LogP contribution in [-0.4, -0.2) is 24.0 Å². The van der Waals surface area contributed by atoms with Crippen molar-refractivity contribution in [2.75, 3.05) is 13.1 Å². The van der Waals surface area contributed by atoms with Crippen LogP contribution in [-0.2, 0) is 0 Å². The maximum atomic E-state index is 2.66. The zero-order valence-electron chi connectivity index (χ0n) is 8.14. The summed E-state index contributed by atoms with van der Waals surface area (Å²) >= 11 is 0. The van der Waals surface area contributed by atoms with Crippen LogP contribution in [0.2, 0.25) is 0 Å². The fraction of sp³-hybridized carbons (Fsp3) is 1.00. The van der Waals surface area contributed by atoms with E-state index in [9.17, 15) is 0 Å². The fourth-order valence-electron chi connectivity index (χ4n) is 2.07. The van der Waals surface area contributed by atoms with Gasteiger partial charge in [-0.05, 0) is 31.7 Å². The van der Waals surface area contributed by atoms with E-state index in [1.54, 1.807) is 0 Å². The zero-order valence-corrected chi connectivity index (χ0v) is 8.14. The van der Waals surface area contributed by atoms with Crippen LogP contribution in [0.1, 0.15) is 40.0 Å². The molecule has 0 spiro atoms. The molecule has 0 N–H and O–H groups in total. The van der Waals surface area contributed by atoms with Crippen LogP contribution >= 0.6 is 0 Å². The van der Waals surface area contributed by atoms with E-state index in [0.717, 1.165) is 12.0 Å². The van der Waals surface area contributed by atoms with Crippen LogP contribution in [0.25, 0.3) is 0 Å². The topological polar surface area (TPSA) is 3.24 Å². The molecule has 0 bridgehead atoms. The molecule has 1 unspecified atom stereocenters. The van der Waals surface area contributed by atoms with Gasteiger partial charge in [0.15, 0.2) is 0 Å². The third-order valence-electron chi connectivity index (χ3n) is 2.57. The van der Waals surface area contributed by atoms with Gasteiger partial charge in [0.2, 0.25) is 0 Å². The number of rotatable bonds is 3. The van der Waals surface area contributed by atoms with Crippen LogP contribution in [0.4, 0.5) is 0 Å². The SMILES string of the molecule is CCC1CCCN1CC(C)C. The summed E-state index contributed by atoms with van der Waals surface area (Å²) in [6, 6.07) is 0.900. The lowest BCUT2D eigenvalue weighted by molar-refractivity contribution is 0.222.